The van der Waals surface area contributed by atoms with Crippen LogP contribution in [-0.4, -0.2) is 43.2 Å². The number of hydrogen-bond donors (Lipinski definition) is 1. The topological polar surface area (TPSA) is 69.6 Å². The van der Waals surface area contributed by atoms with E-state index in [4.69, 9.17) is 9.42 Å². The van der Waals surface area contributed by atoms with Crippen molar-refractivity contribution in [1.29, 1.82) is 0 Å². The van der Waals surface area contributed by atoms with Gasteiger partial charge in [-0.2, -0.15) is 0 Å². The lowest BCUT2D eigenvalue weighted by molar-refractivity contribution is -0.873. The van der Waals surface area contributed by atoms with Crippen molar-refractivity contribution in [3.63, 3.8) is 0 Å². The lowest BCUT2D eigenvalue weighted by atomic mass is 10.1. The van der Waals surface area contributed by atoms with Crippen molar-refractivity contribution in [2.24, 2.45) is 0 Å². The molecule has 0 aliphatic carbocycles. The summed E-state index contributed by atoms with van der Waals surface area (Å²) in [5.41, 5.74) is 0. The van der Waals surface area contributed by atoms with E-state index >= 15 is 0 Å². The van der Waals surface area contributed by atoms with Crippen LogP contribution in [0, 0.1) is 0 Å². The summed E-state index contributed by atoms with van der Waals surface area (Å²) < 4.78 is 16.0. The third-order valence-corrected chi connectivity index (χ3v) is 2.73. The molecule has 6 heteroatoms. The second kappa shape index (κ2) is 6.72. The van der Waals surface area contributed by atoms with Crippen molar-refractivity contribution < 1.29 is 23.4 Å². The Morgan fingerprint density at radius 2 is 1.94 bits per heavy atom. The first kappa shape index (κ1) is 16.1. The maximum atomic E-state index is 10.7. The largest absolute Gasteiger partial charge is 0.756 e. The van der Waals surface area contributed by atoms with Crippen LogP contribution in [-0.2, 0) is 9.09 Å². The van der Waals surface area contributed by atoms with Gasteiger partial charge >= 0.3 is 0 Å². The number of hydrogen-bond acceptors (Lipinski definition) is 3. The zero-order chi connectivity index (χ0) is 12.8. The molecule has 0 aromatic rings. The Hall–Kier alpha value is 0.0700. The van der Waals surface area contributed by atoms with Gasteiger partial charge < -0.3 is 18.8 Å². The molecule has 0 heterocycles. The Balaban J connectivity index is 4.22. The minimum Gasteiger partial charge on any atom is -0.756 e. The fourth-order valence-corrected chi connectivity index (χ4v) is 2.15. The van der Waals surface area contributed by atoms with E-state index in [2.05, 4.69) is 6.92 Å². The highest BCUT2D eigenvalue weighted by atomic mass is 31.2. The van der Waals surface area contributed by atoms with Gasteiger partial charge in [0, 0.05) is 0 Å². The van der Waals surface area contributed by atoms with Crippen LogP contribution < -0.4 is 4.89 Å². The summed E-state index contributed by atoms with van der Waals surface area (Å²) >= 11 is 0. The van der Waals surface area contributed by atoms with Crippen LogP contribution >= 0.6 is 7.82 Å². The van der Waals surface area contributed by atoms with Crippen molar-refractivity contribution in [3.05, 3.63) is 0 Å². The molecule has 0 rings (SSSR count). The van der Waals surface area contributed by atoms with E-state index in [0.29, 0.717) is 17.4 Å². The fraction of sp³-hybridized carbons (Fsp3) is 1.00. The van der Waals surface area contributed by atoms with Gasteiger partial charge in [-0.15, -0.1) is 0 Å². The van der Waals surface area contributed by atoms with E-state index in [-0.39, 0.29) is 0 Å². The standard InChI is InChI=1S/C10H24NO4P/c1-5-6-7-8-10(9-11(2,3)4)15-16(12,13)14/h10H,5-9H2,1-4H3,(H-,12,13,14). The SMILES string of the molecule is CCCCCC(C[N+](C)(C)C)OP(=O)([O-])O. The molecule has 0 spiro atoms. The molecule has 0 aromatic heterocycles. The molecule has 0 aliphatic rings. The Morgan fingerprint density at radius 1 is 1.38 bits per heavy atom. The molecule has 16 heavy (non-hydrogen) atoms. The van der Waals surface area contributed by atoms with Crippen LogP contribution in [0.1, 0.15) is 32.6 Å². The van der Waals surface area contributed by atoms with Crippen LogP contribution in [0.25, 0.3) is 0 Å². The molecule has 0 saturated carbocycles. The van der Waals surface area contributed by atoms with Crippen LogP contribution in [0.15, 0.2) is 0 Å². The summed E-state index contributed by atoms with van der Waals surface area (Å²) in [4.78, 5) is 19.4. The molecule has 0 bridgehead atoms. The summed E-state index contributed by atoms with van der Waals surface area (Å²) in [7, 11) is 1.27. The number of nitrogens with zero attached hydrogens (tertiary/aromatic N) is 1. The van der Waals surface area contributed by atoms with Crippen molar-refractivity contribution >= 4 is 7.82 Å². The lowest BCUT2D eigenvalue weighted by Crippen LogP contribution is -2.42. The third-order valence-electron chi connectivity index (χ3n) is 2.16. The number of quaternary nitrogens is 1. The molecular weight excluding hydrogens is 229 g/mol. The first-order valence-electron chi connectivity index (χ1n) is 5.66. The van der Waals surface area contributed by atoms with E-state index in [1.165, 1.54) is 0 Å². The molecule has 1 N–H and O–H groups in total. The summed E-state index contributed by atoms with van der Waals surface area (Å²) in [5, 5.41) is 0. The van der Waals surface area contributed by atoms with Crippen LogP contribution in [0.3, 0.4) is 0 Å². The average molecular weight is 253 g/mol. The van der Waals surface area contributed by atoms with E-state index in [1.54, 1.807) is 0 Å². The lowest BCUT2D eigenvalue weighted by Gasteiger charge is -2.31. The van der Waals surface area contributed by atoms with Gasteiger partial charge in [-0.3, -0.25) is 4.57 Å². The molecule has 2 atom stereocenters. The minimum atomic E-state index is -4.62. The van der Waals surface area contributed by atoms with Gasteiger partial charge in [-0.05, 0) is 6.42 Å². The monoisotopic (exact) mass is 253 g/mol. The Bertz CT molecular complexity index is 233. The normalized spacial score (nSPS) is 18.1. The van der Waals surface area contributed by atoms with Gasteiger partial charge in [0.15, 0.2) is 0 Å². The van der Waals surface area contributed by atoms with Gasteiger partial charge in [-0.25, -0.2) is 0 Å². The van der Waals surface area contributed by atoms with Gasteiger partial charge in [0.1, 0.15) is 12.6 Å². The maximum absolute atomic E-state index is 10.7. The second-order valence-electron chi connectivity index (χ2n) is 5.16. The summed E-state index contributed by atoms with van der Waals surface area (Å²) in [6, 6.07) is 0. The molecular formula is C10H24NO4P. The highest BCUT2D eigenvalue weighted by molar-refractivity contribution is 7.44. The third kappa shape index (κ3) is 10.6. The van der Waals surface area contributed by atoms with Crippen molar-refractivity contribution in [3.8, 4) is 0 Å². The average Bonchev–Trinajstić information content (AvgIpc) is 1.97. The summed E-state index contributed by atoms with van der Waals surface area (Å²) in [5.74, 6) is 0. The first-order valence-corrected chi connectivity index (χ1v) is 7.16. The predicted octanol–water partition coefficient (Wildman–Crippen LogP) is 1.12. The van der Waals surface area contributed by atoms with E-state index in [0.717, 1.165) is 19.3 Å². The molecule has 0 fully saturated rings. The summed E-state index contributed by atoms with van der Waals surface area (Å²) in [6.07, 6.45) is 3.27. The van der Waals surface area contributed by atoms with Crippen molar-refractivity contribution in [1.82, 2.24) is 0 Å². The molecule has 0 aliphatic heterocycles. The molecule has 0 aromatic carbocycles. The number of rotatable bonds is 8. The zero-order valence-electron chi connectivity index (χ0n) is 10.7. The predicted molar refractivity (Wildman–Crippen MR) is 61.7 cm³/mol. The van der Waals surface area contributed by atoms with Crippen molar-refractivity contribution in [2.75, 3.05) is 27.7 Å². The number of likely N-dealkylation sites (N-methyl/N-ethyl adjacent to an activating group) is 1. The van der Waals surface area contributed by atoms with Gasteiger partial charge in [-0.1, -0.05) is 26.2 Å². The van der Waals surface area contributed by atoms with Gasteiger partial charge in [0.05, 0.1) is 21.1 Å². The fourth-order valence-electron chi connectivity index (χ4n) is 1.60. The number of phosphoric ester groups is 1. The first-order chi connectivity index (χ1) is 7.14. The highest BCUT2D eigenvalue weighted by Crippen LogP contribution is 2.34. The Kier molecular flexibility index (Phi) is 6.75. The van der Waals surface area contributed by atoms with E-state index in [1.807, 2.05) is 21.1 Å². The molecule has 5 nitrogen and oxygen atoms in total. The van der Waals surface area contributed by atoms with Gasteiger partial charge in [0.25, 0.3) is 7.82 Å². The Morgan fingerprint density at radius 3 is 2.31 bits per heavy atom. The highest BCUT2D eigenvalue weighted by Gasteiger charge is 2.21. The number of phosphoric acid groups is 1. The number of unbranched alkanes of at least 4 members (excludes halogenated alkanes) is 2. The van der Waals surface area contributed by atoms with E-state index in [9.17, 15) is 9.46 Å². The zero-order valence-corrected chi connectivity index (χ0v) is 11.6. The van der Waals surface area contributed by atoms with Crippen molar-refractivity contribution in [2.45, 2.75) is 38.7 Å². The minimum absolute atomic E-state index is 0.431. The second-order valence-corrected chi connectivity index (χ2v) is 6.31. The van der Waals surface area contributed by atoms with Gasteiger partial charge in [0.2, 0.25) is 0 Å². The quantitative estimate of drug-likeness (QED) is 0.400. The molecule has 0 amide bonds. The van der Waals surface area contributed by atoms with Crippen LogP contribution in [0.2, 0.25) is 0 Å². The molecule has 0 radical (unpaired) electrons. The van der Waals surface area contributed by atoms with Crippen LogP contribution in [0.5, 0.6) is 0 Å². The molecule has 98 valence electrons. The van der Waals surface area contributed by atoms with E-state index < -0.39 is 13.9 Å². The summed E-state index contributed by atoms with van der Waals surface area (Å²) in [6.45, 7) is 2.65. The Labute approximate surface area is 98.2 Å². The smallest absolute Gasteiger partial charge is 0.265 e. The molecule has 2 unspecified atom stereocenters. The van der Waals surface area contributed by atoms with Crippen LogP contribution in [0.4, 0.5) is 0 Å². The molecule has 0 saturated heterocycles. The maximum Gasteiger partial charge on any atom is 0.265 e.